The van der Waals surface area contributed by atoms with Gasteiger partial charge in [0.1, 0.15) is 5.75 Å². The third-order valence-corrected chi connectivity index (χ3v) is 5.56. The molecule has 0 aliphatic rings. The maximum atomic E-state index is 12.2. The second-order valence-electron chi connectivity index (χ2n) is 6.27. The third-order valence-electron chi connectivity index (χ3n) is 3.83. The lowest BCUT2D eigenvalue weighted by molar-refractivity contribution is -0.127. The molecule has 0 heterocycles. The lowest BCUT2D eigenvalue weighted by Gasteiger charge is -2.17. The zero-order valence-corrected chi connectivity index (χ0v) is 18.3. The van der Waals surface area contributed by atoms with Crippen molar-refractivity contribution in [2.45, 2.75) is 31.8 Å². The first-order valence-electron chi connectivity index (χ1n) is 8.40. The van der Waals surface area contributed by atoms with Gasteiger partial charge in [0.25, 0.3) is 5.91 Å². The van der Waals surface area contributed by atoms with Gasteiger partial charge in [-0.1, -0.05) is 11.6 Å². The largest absolute Gasteiger partial charge is 0.481 e. The molecule has 2 rings (SSSR count). The number of hydrogen-bond acceptors (Lipinski definition) is 5. The van der Waals surface area contributed by atoms with Crippen LogP contribution < -0.4 is 26.0 Å². The first-order valence-corrected chi connectivity index (χ1v) is 10.7. The van der Waals surface area contributed by atoms with Gasteiger partial charge in [-0.15, -0.1) is 0 Å². The Balaban J connectivity index is 1.87. The Kier molecular flexibility index (Phi) is 7.42. The number of thiocarbonyl (C=S) groups is 1. The Bertz CT molecular complexity index is 1000. The normalized spacial score (nSPS) is 12.0. The predicted molar refractivity (Wildman–Crippen MR) is 116 cm³/mol. The van der Waals surface area contributed by atoms with Crippen LogP contribution >= 0.6 is 23.8 Å². The lowest BCUT2D eigenvalue weighted by Crippen LogP contribution is -2.48. The van der Waals surface area contributed by atoms with E-state index in [4.69, 9.17) is 33.7 Å². The van der Waals surface area contributed by atoms with Gasteiger partial charge < -0.3 is 10.1 Å². The number of benzene rings is 2. The van der Waals surface area contributed by atoms with Crippen molar-refractivity contribution in [3.05, 3.63) is 52.5 Å². The van der Waals surface area contributed by atoms with E-state index in [-0.39, 0.29) is 10.0 Å². The van der Waals surface area contributed by atoms with Crippen molar-refractivity contribution in [1.82, 2.24) is 10.9 Å². The molecule has 0 bridgehead atoms. The summed E-state index contributed by atoms with van der Waals surface area (Å²) in [7, 11) is -3.77. The van der Waals surface area contributed by atoms with Crippen LogP contribution in [-0.4, -0.2) is 25.5 Å². The van der Waals surface area contributed by atoms with Gasteiger partial charge in [0.2, 0.25) is 10.0 Å². The molecule has 0 radical (unpaired) electrons. The number of hydrogen-bond donors (Lipinski definition) is 4. The fourth-order valence-corrected chi connectivity index (χ4v) is 3.14. The minimum atomic E-state index is -3.77. The van der Waals surface area contributed by atoms with Crippen molar-refractivity contribution in [2.24, 2.45) is 5.14 Å². The Morgan fingerprint density at radius 1 is 1.14 bits per heavy atom. The molecular formula is C18H21ClN4O4S2. The maximum Gasteiger partial charge on any atom is 0.279 e. The van der Waals surface area contributed by atoms with Crippen LogP contribution in [0.15, 0.2) is 41.3 Å². The Hall–Kier alpha value is -2.40. The molecule has 0 saturated heterocycles. The van der Waals surface area contributed by atoms with Crippen LogP contribution in [0.2, 0.25) is 5.02 Å². The van der Waals surface area contributed by atoms with E-state index in [0.717, 1.165) is 11.1 Å². The van der Waals surface area contributed by atoms with Crippen LogP contribution in [0.5, 0.6) is 5.75 Å². The number of hydrazine groups is 1. The fourth-order valence-electron chi connectivity index (χ4n) is 2.34. The standard InChI is InChI=1S/C18H21ClN4O4S2/c1-10-8-14(9-11(2)16(10)19)27-12(3)17(24)22-23-18(28)21-13-4-6-15(7-5-13)29(20,25)26/h4-9,12H,1-3H3,(H,22,24)(H2,20,25,26)(H2,21,23,28)/t12-/m1/s1. The van der Waals surface area contributed by atoms with Gasteiger partial charge in [-0.05, 0) is 80.5 Å². The van der Waals surface area contributed by atoms with Gasteiger partial charge in [-0.3, -0.25) is 15.6 Å². The average molecular weight is 457 g/mol. The van der Waals surface area contributed by atoms with Gasteiger partial charge in [-0.2, -0.15) is 0 Å². The van der Waals surface area contributed by atoms with Gasteiger partial charge in [0.15, 0.2) is 11.2 Å². The minimum Gasteiger partial charge on any atom is -0.481 e. The quantitative estimate of drug-likeness (QED) is 0.402. The van der Waals surface area contributed by atoms with E-state index < -0.39 is 22.0 Å². The van der Waals surface area contributed by atoms with E-state index in [2.05, 4.69) is 16.2 Å². The summed E-state index contributed by atoms with van der Waals surface area (Å²) in [6.07, 6.45) is -0.792. The summed E-state index contributed by atoms with van der Waals surface area (Å²) in [5.74, 6) is 0.0895. The van der Waals surface area contributed by atoms with Crippen LogP contribution in [0.25, 0.3) is 0 Å². The molecule has 0 unspecified atom stereocenters. The van der Waals surface area contributed by atoms with Gasteiger partial charge in [0.05, 0.1) is 4.90 Å². The number of nitrogens with two attached hydrogens (primary N) is 1. The predicted octanol–water partition coefficient (Wildman–Crippen LogP) is 2.39. The van der Waals surface area contributed by atoms with Gasteiger partial charge >= 0.3 is 0 Å². The highest BCUT2D eigenvalue weighted by Crippen LogP contribution is 2.26. The number of primary sulfonamides is 1. The molecule has 0 fully saturated rings. The zero-order valence-electron chi connectivity index (χ0n) is 15.9. The van der Waals surface area contributed by atoms with E-state index in [1.54, 1.807) is 19.1 Å². The van der Waals surface area contributed by atoms with Gasteiger partial charge in [-0.25, -0.2) is 13.6 Å². The molecule has 8 nitrogen and oxygen atoms in total. The summed E-state index contributed by atoms with van der Waals surface area (Å²) in [5.41, 5.74) is 7.21. The first kappa shape index (κ1) is 22.9. The summed E-state index contributed by atoms with van der Waals surface area (Å²) < 4.78 is 28.1. The number of anilines is 1. The molecule has 1 atom stereocenters. The summed E-state index contributed by atoms with van der Waals surface area (Å²) in [4.78, 5) is 12.2. The summed E-state index contributed by atoms with van der Waals surface area (Å²) >= 11 is 11.2. The van der Waals surface area contributed by atoms with Crippen LogP contribution in [0.1, 0.15) is 18.1 Å². The molecule has 2 aromatic rings. The number of carbonyl (C=O) groups is 1. The van der Waals surface area contributed by atoms with E-state index in [9.17, 15) is 13.2 Å². The Labute approximate surface area is 179 Å². The summed E-state index contributed by atoms with van der Waals surface area (Å²) in [6.45, 7) is 5.31. The maximum absolute atomic E-state index is 12.2. The molecular weight excluding hydrogens is 436 g/mol. The second kappa shape index (κ2) is 9.40. The highest BCUT2D eigenvalue weighted by Gasteiger charge is 2.16. The number of carbonyl (C=O) groups excluding carboxylic acids is 1. The van der Waals surface area contributed by atoms with Crippen LogP contribution in [0.3, 0.4) is 0 Å². The van der Waals surface area contributed by atoms with E-state index in [0.29, 0.717) is 16.5 Å². The monoisotopic (exact) mass is 456 g/mol. The number of aryl methyl sites for hydroxylation is 2. The molecule has 0 aliphatic heterocycles. The number of sulfonamides is 1. The highest BCUT2D eigenvalue weighted by atomic mass is 35.5. The van der Waals surface area contributed by atoms with Crippen molar-refractivity contribution in [1.29, 1.82) is 0 Å². The molecule has 0 aliphatic carbocycles. The van der Waals surface area contributed by atoms with Crippen molar-refractivity contribution < 1.29 is 17.9 Å². The molecule has 5 N–H and O–H groups in total. The fraction of sp³-hybridized carbons (Fsp3) is 0.222. The van der Waals surface area contributed by atoms with E-state index in [1.165, 1.54) is 24.3 Å². The van der Waals surface area contributed by atoms with Crippen molar-refractivity contribution >= 4 is 50.5 Å². The molecule has 0 saturated carbocycles. The molecule has 2 aromatic carbocycles. The van der Waals surface area contributed by atoms with Crippen LogP contribution in [0.4, 0.5) is 5.69 Å². The number of halogens is 1. The molecule has 1 amide bonds. The average Bonchev–Trinajstić information content (AvgIpc) is 2.63. The van der Waals surface area contributed by atoms with Crippen LogP contribution in [0, 0.1) is 13.8 Å². The molecule has 156 valence electrons. The number of rotatable bonds is 5. The molecule has 0 aromatic heterocycles. The topological polar surface area (TPSA) is 123 Å². The van der Waals surface area contributed by atoms with E-state index >= 15 is 0 Å². The summed E-state index contributed by atoms with van der Waals surface area (Å²) in [6, 6.07) is 9.17. The second-order valence-corrected chi connectivity index (χ2v) is 8.62. The van der Waals surface area contributed by atoms with Crippen molar-refractivity contribution in [3.8, 4) is 5.75 Å². The minimum absolute atomic E-state index is 0.0196. The first-order chi connectivity index (χ1) is 13.5. The number of amides is 1. The lowest BCUT2D eigenvalue weighted by atomic mass is 10.1. The third kappa shape index (κ3) is 6.57. The van der Waals surface area contributed by atoms with Gasteiger partial charge in [0, 0.05) is 10.7 Å². The Morgan fingerprint density at radius 2 is 1.69 bits per heavy atom. The number of nitrogens with one attached hydrogen (secondary N) is 3. The molecule has 0 spiro atoms. The van der Waals surface area contributed by atoms with Crippen molar-refractivity contribution in [2.75, 3.05) is 5.32 Å². The molecule has 29 heavy (non-hydrogen) atoms. The highest BCUT2D eigenvalue weighted by molar-refractivity contribution is 7.89. The van der Waals surface area contributed by atoms with E-state index in [1.807, 2.05) is 13.8 Å². The Morgan fingerprint density at radius 3 is 2.21 bits per heavy atom. The zero-order chi connectivity index (χ0) is 21.8. The SMILES string of the molecule is Cc1cc(O[C@H](C)C(=O)NNC(=S)Nc2ccc(S(N)(=O)=O)cc2)cc(C)c1Cl. The smallest absolute Gasteiger partial charge is 0.279 e. The molecule has 11 heteroatoms. The summed E-state index contributed by atoms with van der Waals surface area (Å²) in [5, 5.41) is 8.61. The number of ether oxygens (including phenoxy) is 1. The van der Waals surface area contributed by atoms with Crippen molar-refractivity contribution in [3.63, 3.8) is 0 Å². The van der Waals surface area contributed by atoms with Crippen LogP contribution in [-0.2, 0) is 14.8 Å².